The van der Waals surface area contributed by atoms with Gasteiger partial charge in [0, 0.05) is 30.0 Å². The minimum Gasteiger partial charge on any atom is -0.315 e. The van der Waals surface area contributed by atoms with Gasteiger partial charge in [0.25, 0.3) is 0 Å². The van der Waals surface area contributed by atoms with Gasteiger partial charge in [0.2, 0.25) is 0 Å². The van der Waals surface area contributed by atoms with E-state index in [2.05, 4.69) is 43.4 Å². The minimum atomic E-state index is -2.85. The largest absolute Gasteiger partial charge is 0.315 e. The van der Waals surface area contributed by atoms with Crippen LogP contribution in [0.25, 0.3) is 0 Å². The highest BCUT2D eigenvalue weighted by Crippen LogP contribution is 2.21. The zero-order chi connectivity index (χ0) is 14.3. The van der Waals surface area contributed by atoms with Crippen LogP contribution in [0.3, 0.4) is 0 Å². The fourth-order valence-corrected chi connectivity index (χ4v) is 2.90. The summed E-state index contributed by atoms with van der Waals surface area (Å²) in [5.41, 5.74) is 1.36. The van der Waals surface area contributed by atoms with Crippen molar-refractivity contribution in [1.29, 1.82) is 0 Å². The van der Waals surface area contributed by atoms with Gasteiger partial charge in [0.05, 0.1) is 5.75 Å². The van der Waals surface area contributed by atoms with Crippen molar-refractivity contribution in [1.82, 2.24) is 5.32 Å². The second-order valence-corrected chi connectivity index (χ2v) is 8.38. The summed E-state index contributed by atoms with van der Waals surface area (Å²) in [6, 6.07) is 8.64. The van der Waals surface area contributed by atoms with E-state index in [1.54, 1.807) is 11.8 Å². The van der Waals surface area contributed by atoms with E-state index in [0.717, 1.165) is 12.3 Å². The van der Waals surface area contributed by atoms with Gasteiger partial charge >= 0.3 is 0 Å². The molecule has 0 atom stereocenters. The molecule has 0 spiro atoms. The predicted molar refractivity (Wildman–Crippen MR) is 83.8 cm³/mol. The zero-order valence-electron chi connectivity index (χ0n) is 11.8. The lowest BCUT2D eigenvalue weighted by molar-refractivity contribution is 0.598. The van der Waals surface area contributed by atoms with E-state index in [1.807, 2.05) is 0 Å². The monoisotopic (exact) mass is 301 g/mol. The summed E-state index contributed by atoms with van der Waals surface area (Å²) in [6.07, 6.45) is 1.26. The summed E-state index contributed by atoms with van der Waals surface area (Å²) in [7, 11) is -2.85. The molecule has 1 N–H and O–H groups in total. The van der Waals surface area contributed by atoms with Crippen molar-refractivity contribution < 1.29 is 8.42 Å². The molecule has 3 nitrogen and oxygen atoms in total. The van der Waals surface area contributed by atoms with Crippen LogP contribution in [-0.4, -0.2) is 39.3 Å². The molecule has 0 heterocycles. The third kappa shape index (κ3) is 7.60. The molecule has 0 bridgehead atoms. The zero-order valence-corrected chi connectivity index (χ0v) is 13.5. The summed E-state index contributed by atoms with van der Waals surface area (Å²) in [5.74, 6) is 1.72. The van der Waals surface area contributed by atoms with Gasteiger partial charge in [-0.2, -0.15) is 0 Å². The molecule has 0 fully saturated rings. The maximum Gasteiger partial charge on any atom is 0.148 e. The van der Waals surface area contributed by atoms with Crippen LogP contribution < -0.4 is 5.32 Å². The van der Waals surface area contributed by atoms with Gasteiger partial charge in [-0.25, -0.2) is 8.42 Å². The SMILES string of the molecule is CC(C)c1ccc(SCCNCCS(C)(=O)=O)cc1. The van der Waals surface area contributed by atoms with Gasteiger partial charge in [-0.05, 0) is 23.6 Å². The van der Waals surface area contributed by atoms with Gasteiger partial charge in [0.1, 0.15) is 9.84 Å². The van der Waals surface area contributed by atoms with Gasteiger partial charge in [0.15, 0.2) is 0 Å². The highest BCUT2D eigenvalue weighted by Gasteiger charge is 2.01. The summed E-state index contributed by atoms with van der Waals surface area (Å²) in [5, 5.41) is 3.14. The van der Waals surface area contributed by atoms with Crippen LogP contribution in [0.1, 0.15) is 25.3 Å². The van der Waals surface area contributed by atoms with E-state index in [-0.39, 0.29) is 5.75 Å². The molecule has 19 heavy (non-hydrogen) atoms. The van der Waals surface area contributed by atoms with Crippen molar-refractivity contribution >= 4 is 21.6 Å². The number of benzene rings is 1. The lowest BCUT2D eigenvalue weighted by atomic mass is 10.0. The Bertz CT molecular complexity index is 467. The van der Waals surface area contributed by atoms with Gasteiger partial charge in [-0.3, -0.25) is 0 Å². The van der Waals surface area contributed by atoms with Gasteiger partial charge < -0.3 is 5.32 Å². The highest BCUT2D eigenvalue weighted by atomic mass is 32.2. The molecule has 5 heteroatoms. The number of sulfone groups is 1. The molecule has 0 aliphatic carbocycles. The average molecular weight is 301 g/mol. The minimum absolute atomic E-state index is 0.209. The molecule has 0 radical (unpaired) electrons. The Morgan fingerprint density at radius 3 is 2.32 bits per heavy atom. The Hall–Kier alpha value is -0.520. The molecule has 0 saturated heterocycles. The molecule has 108 valence electrons. The first-order chi connectivity index (χ1) is 8.88. The molecule has 0 saturated carbocycles. The van der Waals surface area contributed by atoms with Crippen molar-refractivity contribution in [3.05, 3.63) is 29.8 Å². The van der Waals surface area contributed by atoms with Crippen LogP contribution in [0, 0.1) is 0 Å². The number of nitrogens with one attached hydrogen (secondary N) is 1. The van der Waals surface area contributed by atoms with Gasteiger partial charge in [-0.15, -0.1) is 11.8 Å². The Labute approximate surface area is 121 Å². The lowest BCUT2D eigenvalue weighted by Crippen LogP contribution is -2.24. The van der Waals surface area contributed by atoms with Crippen LogP contribution in [0.15, 0.2) is 29.2 Å². The second-order valence-electron chi connectivity index (χ2n) is 4.95. The molecule has 1 aromatic rings. The average Bonchev–Trinajstić information content (AvgIpc) is 2.33. The topological polar surface area (TPSA) is 46.2 Å². The maximum absolute atomic E-state index is 10.9. The Kier molecular flexibility index (Phi) is 6.89. The smallest absolute Gasteiger partial charge is 0.148 e. The van der Waals surface area contributed by atoms with Crippen molar-refractivity contribution in [2.24, 2.45) is 0 Å². The Morgan fingerprint density at radius 1 is 1.16 bits per heavy atom. The molecule has 0 aromatic heterocycles. The molecule has 1 rings (SSSR count). The van der Waals surface area contributed by atoms with E-state index < -0.39 is 9.84 Å². The summed E-state index contributed by atoms with van der Waals surface area (Å²) >= 11 is 1.79. The van der Waals surface area contributed by atoms with E-state index >= 15 is 0 Å². The third-order valence-electron chi connectivity index (χ3n) is 2.74. The lowest BCUT2D eigenvalue weighted by Gasteiger charge is -2.07. The third-order valence-corrected chi connectivity index (χ3v) is 4.70. The molecule has 0 aliphatic rings. The van der Waals surface area contributed by atoms with E-state index in [4.69, 9.17) is 0 Å². The van der Waals surface area contributed by atoms with Crippen molar-refractivity contribution in [3.63, 3.8) is 0 Å². The Morgan fingerprint density at radius 2 is 1.79 bits per heavy atom. The Balaban J connectivity index is 2.19. The molecule has 0 unspecified atom stereocenters. The maximum atomic E-state index is 10.9. The van der Waals surface area contributed by atoms with Crippen LogP contribution in [0.5, 0.6) is 0 Å². The molecule has 0 amide bonds. The van der Waals surface area contributed by atoms with Crippen LogP contribution in [-0.2, 0) is 9.84 Å². The summed E-state index contributed by atoms with van der Waals surface area (Å²) < 4.78 is 21.9. The quantitative estimate of drug-likeness (QED) is 0.592. The number of rotatable bonds is 8. The first-order valence-corrected chi connectivity index (χ1v) is 9.54. The molecule has 1 aromatic carbocycles. The summed E-state index contributed by atoms with van der Waals surface area (Å²) in [4.78, 5) is 1.26. The number of thioether (sulfide) groups is 1. The number of hydrogen-bond acceptors (Lipinski definition) is 4. The highest BCUT2D eigenvalue weighted by molar-refractivity contribution is 7.99. The predicted octanol–water partition coefficient (Wildman–Crippen LogP) is 2.54. The van der Waals surface area contributed by atoms with Crippen molar-refractivity contribution in [2.75, 3.05) is 30.9 Å². The van der Waals surface area contributed by atoms with Crippen LogP contribution >= 0.6 is 11.8 Å². The summed E-state index contributed by atoms with van der Waals surface area (Å²) in [6.45, 7) is 5.74. The van der Waals surface area contributed by atoms with Crippen LogP contribution in [0.4, 0.5) is 0 Å². The molecular formula is C14H23NO2S2. The van der Waals surface area contributed by atoms with E-state index in [1.165, 1.54) is 16.7 Å². The molecular weight excluding hydrogens is 278 g/mol. The van der Waals surface area contributed by atoms with E-state index in [0.29, 0.717) is 12.5 Å². The molecule has 0 aliphatic heterocycles. The second kappa shape index (κ2) is 7.92. The van der Waals surface area contributed by atoms with Gasteiger partial charge in [-0.1, -0.05) is 26.0 Å². The van der Waals surface area contributed by atoms with Crippen molar-refractivity contribution in [2.45, 2.75) is 24.7 Å². The van der Waals surface area contributed by atoms with E-state index in [9.17, 15) is 8.42 Å². The first-order valence-electron chi connectivity index (χ1n) is 6.49. The first kappa shape index (κ1) is 16.5. The normalized spacial score (nSPS) is 12.0. The van der Waals surface area contributed by atoms with Crippen LogP contribution in [0.2, 0.25) is 0 Å². The fourth-order valence-electron chi connectivity index (χ4n) is 1.57. The fraction of sp³-hybridized carbons (Fsp3) is 0.571. The standard InChI is InChI=1S/C14H23NO2S2/c1-12(2)13-4-6-14(7-5-13)18-10-8-15-9-11-19(3,16)17/h4-7,12,15H,8-11H2,1-3H3. The number of hydrogen-bond donors (Lipinski definition) is 1. The van der Waals surface area contributed by atoms with Crippen molar-refractivity contribution in [3.8, 4) is 0 Å².